The molecule has 0 spiro atoms. The Morgan fingerprint density at radius 3 is 2.46 bits per heavy atom. The van der Waals surface area contributed by atoms with Crippen LogP contribution in [0.25, 0.3) is 0 Å². The van der Waals surface area contributed by atoms with E-state index in [0.717, 1.165) is 16.9 Å². The number of aliphatic hydroxyl groups is 1. The second kappa shape index (κ2) is 9.39. The van der Waals surface area contributed by atoms with Crippen molar-refractivity contribution >= 4 is 11.8 Å². The highest BCUT2D eigenvalue weighted by Crippen LogP contribution is 2.38. The molecule has 6 atom stereocenters. The van der Waals surface area contributed by atoms with Crippen molar-refractivity contribution in [3.05, 3.63) is 71.8 Å². The first-order valence-corrected chi connectivity index (χ1v) is 10.7. The molecule has 2 aliphatic rings. The second-order valence-corrected chi connectivity index (χ2v) is 8.30. The molecule has 150 valence electrons. The molecule has 2 saturated heterocycles. The van der Waals surface area contributed by atoms with Crippen molar-refractivity contribution in [3.8, 4) is 0 Å². The highest BCUT2D eigenvalue weighted by molar-refractivity contribution is 7.99. The molecular formula is C22H26O5S. The first kappa shape index (κ1) is 19.9. The lowest BCUT2D eigenvalue weighted by molar-refractivity contribution is -0.322. The van der Waals surface area contributed by atoms with E-state index in [9.17, 15) is 5.11 Å². The van der Waals surface area contributed by atoms with Crippen molar-refractivity contribution in [2.45, 2.75) is 49.7 Å². The molecule has 0 aliphatic carbocycles. The Morgan fingerprint density at radius 1 is 1.04 bits per heavy atom. The van der Waals surface area contributed by atoms with Gasteiger partial charge in [0.1, 0.15) is 29.9 Å². The molecule has 4 rings (SSSR count). The molecule has 0 saturated carbocycles. The van der Waals surface area contributed by atoms with Crippen LogP contribution in [0.2, 0.25) is 0 Å². The highest BCUT2D eigenvalue weighted by Gasteiger charge is 2.49. The van der Waals surface area contributed by atoms with E-state index < -0.39 is 24.6 Å². The monoisotopic (exact) mass is 402 g/mol. The van der Waals surface area contributed by atoms with Crippen LogP contribution in [0.4, 0.5) is 0 Å². The summed E-state index contributed by atoms with van der Waals surface area (Å²) >= 11 is 1.63. The minimum atomic E-state index is -0.790. The topological polar surface area (TPSA) is 57.2 Å². The van der Waals surface area contributed by atoms with Gasteiger partial charge in [0.25, 0.3) is 0 Å². The summed E-state index contributed by atoms with van der Waals surface area (Å²) in [6.07, 6.45) is -2.57. The Balaban J connectivity index is 1.47. The molecule has 0 amide bonds. The number of thioether (sulfide) groups is 1. The number of rotatable bonds is 6. The lowest BCUT2D eigenvalue weighted by Crippen LogP contribution is -2.61. The van der Waals surface area contributed by atoms with Crippen LogP contribution in [0.3, 0.4) is 0 Å². The van der Waals surface area contributed by atoms with Crippen LogP contribution in [0.15, 0.2) is 60.7 Å². The van der Waals surface area contributed by atoms with Gasteiger partial charge in [-0.25, -0.2) is 0 Å². The fourth-order valence-corrected chi connectivity index (χ4v) is 4.57. The van der Waals surface area contributed by atoms with Crippen molar-refractivity contribution in [1.29, 1.82) is 0 Å². The minimum Gasteiger partial charge on any atom is -0.387 e. The van der Waals surface area contributed by atoms with Gasteiger partial charge >= 0.3 is 0 Å². The van der Waals surface area contributed by atoms with E-state index in [4.69, 9.17) is 18.9 Å². The summed E-state index contributed by atoms with van der Waals surface area (Å²) in [6.45, 7) is 2.87. The van der Waals surface area contributed by atoms with Gasteiger partial charge in [-0.05, 0) is 11.3 Å². The number of ether oxygens (including phenoxy) is 4. The molecule has 5 nitrogen and oxygen atoms in total. The Morgan fingerprint density at radius 2 is 1.75 bits per heavy atom. The van der Waals surface area contributed by atoms with Crippen molar-refractivity contribution in [1.82, 2.24) is 0 Å². The van der Waals surface area contributed by atoms with Gasteiger partial charge in [0.2, 0.25) is 0 Å². The predicted octanol–water partition coefficient (Wildman–Crippen LogP) is 3.52. The number of hydrogen-bond donors (Lipinski definition) is 1. The van der Waals surface area contributed by atoms with E-state index in [0.29, 0.717) is 13.2 Å². The largest absolute Gasteiger partial charge is 0.387 e. The summed E-state index contributed by atoms with van der Waals surface area (Å²) < 4.78 is 24.3. The number of hydrogen-bond acceptors (Lipinski definition) is 6. The summed E-state index contributed by atoms with van der Waals surface area (Å²) in [4.78, 5) is 0. The lowest BCUT2D eigenvalue weighted by atomic mass is 9.98. The molecule has 0 radical (unpaired) electrons. The fourth-order valence-electron chi connectivity index (χ4n) is 3.59. The zero-order chi connectivity index (χ0) is 19.3. The number of aliphatic hydroxyl groups excluding tert-OH is 1. The molecule has 2 heterocycles. The Kier molecular flexibility index (Phi) is 6.67. The maximum absolute atomic E-state index is 11.1. The fraction of sp³-hybridized carbons (Fsp3) is 0.455. The molecule has 0 bridgehead atoms. The molecular weight excluding hydrogens is 376 g/mol. The molecule has 6 heteroatoms. The molecule has 2 aromatic carbocycles. The molecule has 28 heavy (non-hydrogen) atoms. The minimum absolute atomic E-state index is 0.259. The Labute approximate surface area is 169 Å². The van der Waals surface area contributed by atoms with Gasteiger partial charge in [-0.1, -0.05) is 67.6 Å². The van der Waals surface area contributed by atoms with Gasteiger partial charge in [0, 0.05) is 5.56 Å². The lowest BCUT2D eigenvalue weighted by Gasteiger charge is -2.47. The van der Waals surface area contributed by atoms with E-state index in [1.165, 1.54) is 0 Å². The smallest absolute Gasteiger partial charge is 0.184 e. The average molecular weight is 403 g/mol. The first-order chi connectivity index (χ1) is 13.8. The van der Waals surface area contributed by atoms with Crippen molar-refractivity contribution in [3.63, 3.8) is 0 Å². The van der Waals surface area contributed by atoms with E-state index >= 15 is 0 Å². The maximum atomic E-state index is 11.1. The molecule has 0 unspecified atom stereocenters. The average Bonchev–Trinajstić information content (AvgIpc) is 2.75. The summed E-state index contributed by atoms with van der Waals surface area (Å²) in [5.74, 6) is 0.869. The van der Waals surface area contributed by atoms with Gasteiger partial charge in [-0.3, -0.25) is 0 Å². The van der Waals surface area contributed by atoms with Crippen molar-refractivity contribution < 1.29 is 24.1 Å². The van der Waals surface area contributed by atoms with E-state index in [2.05, 4.69) is 6.92 Å². The first-order valence-electron chi connectivity index (χ1n) is 9.69. The zero-order valence-corrected chi connectivity index (χ0v) is 16.7. The SMILES string of the molecule is CCS[C@H]1O[C@@H]2CO[C@@H](c3ccccc3)O[C@H]2[C@H](O)[C@@H]1OCc1ccccc1. The van der Waals surface area contributed by atoms with Crippen molar-refractivity contribution in [2.24, 2.45) is 0 Å². The van der Waals surface area contributed by atoms with Crippen LogP contribution in [0.1, 0.15) is 24.3 Å². The molecule has 2 aromatic rings. The third-order valence-corrected chi connectivity index (χ3v) is 6.04. The summed E-state index contributed by atoms with van der Waals surface area (Å²) in [5.41, 5.74) is 1.73. The highest BCUT2D eigenvalue weighted by atomic mass is 32.2. The van der Waals surface area contributed by atoms with Crippen LogP contribution in [0.5, 0.6) is 0 Å². The summed E-state index contributed by atoms with van der Waals surface area (Å²) in [6, 6.07) is 19.7. The Hall–Kier alpha value is -1.41. The van der Waals surface area contributed by atoms with Crippen LogP contribution >= 0.6 is 11.8 Å². The molecule has 1 N–H and O–H groups in total. The molecule has 2 fully saturated rings. The standard InChI is InChI=1S/C22H26O5S/c1-2-28-22-20(24-13-15-9-5-3-6-10-15)18(23)19-17(26-22)14-25-21(27-19)16-11-7-4-8-12-16/h3-12,17-23H,2,13-14H2,1H3/t17-,18+,19-,20+,21-,22-/m1/s1. The third kappa shape index (κ3) is 4.43. The molecule has 0 aromatic heterocycles. The van der Waals surface area contributed by atoms with Gasteiger partial charge in [-0.15, -0.1) is 11.8 Å². The number of benzene rings is 2. The van der Waals surface area contributed by atoms with E-state index in [-0.39, 0.29) is 11.5 Å². The van der Waals surface area contributed by atoms with Gasteiger partial charge in [-0.2, -0.15) is 0 Å². The molecule has 2 aliphatic heterocycles. The predicted molar refractivity (Wildman–Crippen MR) is 108 cm³/mol. The van der Waals surface area contributed by atoms with Crippen LogP contribution in [-0.4, -0.2) is 47.3 Å². The Bertz CT molecular complexity index is 728. The third-order valence-electron chi connectivity index (χ3n) is 5.00. The maximum Gasteiger partial charge on any atom is 0.184 e. The van der Waals surface area contributed by atoms with Crippen LogP contribution in [0, 0.1) is 0 Å². The quantitative estimate of drug-likeness (QED) is 0.798. The normalized spacial score (nSPS) is 32.6. The van der Waals surface area contributed by atoms with Gasteiger partial charge < -0.3 is 24.1 Å². The van der Waals surface area contributed by atoms with Crippen LogP contribution in [-0.2, 0) is 25.6 Å². The second-order valence-electron chi connectivity index (χ2n) is 6.93. The summed E-state index contributed by atoms with van der Waals surface area (Å²) in [7, 11) is 0. The van der Waals surface area contributed by atoms with Gasteiger partial charge in [0.05, 0.1) is 13.2 Å². The summed E-state index contributed by atoms with van der Waals surface area (Å²) in [5, 5.41) is 11.1. The van der Waals surface area contributed by atoms with Crippen molar-refractivity contribution in [2.75, 3.05) is 12.4 Å². The van der Waals surface area contributed by atoms with Crippen LogP contribution < -0.4 is 0 Å². The van der Waals surface area contributed by atoms with Gasteiger partial charge in [0.15, 0.2) is 6.29 Å². The van der Waals surface area contributed by atoms with E-state index in [1.807, 2.05) is 60.7 Å². The number of fused-ring (bicyclic) bond motifs is 1. The zero-order valence-electron chi connectivity index (χ0n) is 15.8. The van der Waals surface area contributed by atoms with E-state index in [1.54, 1.807) is 11.8 Å².